The van der Waals surface area contributed by atoms with Crippen LogP contribution in [0.5, 0.6) is 5.75 Å². The van der Waals surface area contributed by atoms with Crippen LogP contribution in [0.2, 0.25) is 0 Å². The van der Waals surface area contributed by atoms with E-state index >= 15 is 0 Å². The van der Waals surface area contributed by atoms with Gasteiger partial charge in [0.2, 0.25) is 0 Å². The lowest BCUT2D eigenvalue weighted by Crippen LogP contribution is -2.04. The zero-order valence-electron chi connectivity index (χ0n) is 15.3. The van der Waals surface area contributed by atoms with Gasteiger partial charge < -0.3 is 4.74 Å². The quantitative estimate of drug-likeness (QED) is 0.449. The third-order valence-electron chi connectivity index (χ3n) is 4.24. The molecule has 0 saturated carbocycles. The van der Waals surface area contributed by atoms with Crippen LogP contribution in [0.4, 0.5) is 18.3 Å². The van der Waals surface area contributed by atoms with E-state index in [0.717, 1.165) is 12.1 Å². The molecular formula is C19H13F3N4O2S2. The minimum Gasteiger partial charge on any atom is -0.496 e. The molecule has 1 N–H and O–H groups in total. The van der Waals surface area contributed by atoms with Gasteiger partial charge in [0, 0.05) is 22.5 Å². The highest BCUT2D eigenvalue weighted by Crippen LogP contribution is 2.37. The maximum Gasteiger partial charge on any atom is 0.266 e. The molecule has 11 heteroatoms. The van der Waals surface area contributed by atoms with E-state index in [1.54, 1.807) is 29.8 Å². The number of rotatable bonds is 6. The normalized spacial score (nSPS) is 12.3. The average molecular weight is 450 g/mol. The topological polar surface area (TPSA) is 77.0 Å². The van der Waals surface area contributed by atoms with Crippen molar-refractivity contribution in [2.24, 2.45) is 0 Å². The van der Waals surface area contributed by atoms with Gasteiger partial charge in [-0.05, 0) is 30.3 Å². The minimum atomic E-state index is -2.97. The predicted octanol–water partition coefficient (Wildman–Crippen LogP) is 4.97. The fourth-order valence-electron chi connectivity index (χ4n) is 2.87. The number of nitrogens with one attached hydrogen (secondary N) is 1. The molecule has 0 radical (unpaired) electrons. The molecule has 2 aromatic heterocycles. The largest absolute Gasteiger partial charge is 0.496 e. The zero-order valence-corrected chi connectivity index (χ0v) is 16.9. The molecule has 0 bridgehead atoms. The first-order valence-electron chi connectivity index (χ1n) is 8.46. The first-order chi connectivity index (χ1) is 14.5. The summed E-state index contributed by atoms with van der Waals surface area (Å²) in [6.45, 7) is 0. The van der Waals surface area contributed by atoms with Gasteiger partial charge in [0.1, 0.15) is 17.9 Å². The Labute approximate surface area is 175 Å². The van der Waals surface area contributed by atoms with Crippen molar-refractivity contribution >= 4 is 38.4 Å². The number of halogens is 3. The smallest absolute Gasteiger partial charge is 0.266 e. The lowest BCUT2D eigenvalue weighted by molar-refractivity contribution is 0.146. The lowest BCUT2D eigenvalue weighted by atomic mass is 10.0. The Morgan fingerprint density at radius 1 is 1.17 bits per heavy atom. The van der Waals surface area contributed by atoms with Gasteiger partial charge in [-0.25, -0.2) is 32.3 Å². The molecule has 30 heavy (non-hydrogen) atoms. The summed E-state index contributed by atoms with van der Waals surface area (Å²) >= 11 is 1.31. The minimum absolute atomic E-state index is 0.0600. The van der Waals surface area contributed by atoms with Gasteiger partial charge in [0.05, 0.1) is 28.8 Å². The van der Waals surface area contributed by atoms with E-state index in [2.05, 4.69) is 19.7 Å². The highest BCUT2D eigenvalue weighted by Gasteiger charge is 2.20. The maximum atomic E-state index is 14.2. The number of anilines is 1. The molecular weight excluding hydrogens is 437 g/mol. The van der Waals surface area contributed by atoms with Crippen molar-refractivity contribution in [2.45, 2.75) is 11.3 Å². The fourth-order valence-corrected chi connectivity index (χ4v) is 4.40. The Bertz CT molecular complexity index is 1240. The van der Waals surface area contributed by atoms with Crippen molar-refractivity contribution in [3.05, 3.63) is 59.6 Å². The van der Waals surface area contributed by atoms with Crippen LogP contribution >= 0.6 is 11.3 Å². The molecule has 0 saturated heterocycles. The van der Waals surface area contributed by atoms with Crippen molar-refractivity contribution in [1.82, 2.24) is 15.0 Å². The predicted molar refractivity (Wildman–Crippen MR) is 109 cm³/mol. The van der Waals surface area contributed by atoms with Crippen LogP contribution in [-0.2, 0) is 11.0 Å². The molecule has 0 spiro atoms. The molecule has 154 valence electrons. The van der Waals surface area contributed by atoms with Crippen molar-refractivity contribution in [1.29, 1.82) is 0 Å². The second kappa shape index (κ2) is 8.36. The summed E-state index contributed by atoms with van der Waals surface area (Å²) in [4.78, 5) is 12.9. The standard InChI is InChI=1S/C19H13F3N4O2S2/c1-28-16-8-12(18(21)22)14(20)7-13(16)17-11-3-2-10(6-15(11)24-9-25-17)30(27)26-19-23-4-5-29-19/h2-9,18H,1H3,(H,23,26). The molecule has 0 amide bonds. The third kappa shape index (κ3) is 3.85. The summed E-state index contributed by atoms with van der Waals surface area (Å²) in [5, 5.41) is 2.79. The molecule has 2 heterocycles. The monoisotopic (exact) mass is 450 g/mol. The second-order valence-corrected chi connectivity index (χ2v) is 8.09. The number of aromatic nitrogens is 3. The number of nitrogens with zero attached hydrogens (tertiary/aromatic N) is 3. The van der Waals surface area contributed by atoms with Crippen molar-refractivity contribution < 1.29 is 22.1 Å². The number of hydrogen-bond acceptors (Lipinski definition) is 6. The summed E-state index contributed by atoms with van der Waals surface area (Å²) in [7, 11) is -0.262. The highest BCUT2D eigenvalue weighted by molar-refractivity contribution is 7.86. The molecule has 2 aromatic carbocycles. The Hall–Kier alpha value is -3.05. The van der Waals surface area contributed by atoms with Crippen LogP contribution in [-0.4, -0.2) is 26.3 Å². The summed E-state index contributed by atoms with van der Waals surface area (Å²) in [5.41, 5.74) is 0.218. The van der Waals surface area contributed by atoms with Crippen LogP contribution < -0.4 is 9.46 Å². The molecule has 1 atom stereocenters. The van der Waals surface area contributed by atoms with E-state index in [4.69, 9.17) is 4.74 Å². The Kier molecular flexibility index (Phi) is 5.64. The van der Waals surface area contributed by atoms with Gasteiger partial charge in [0.15, 0.2) is 16.1 Å². The number of hydrogen-bond donors (Lipinski definition) is 1. The van der Waals surface area contributed by atoms with E-state index in [1.165, 1.54) is 24.8 Å². The Balaban J connectivity index is 1.78. The van der Waals surface area contributed by atoms with E-state index in [1.807, 2.05) is 0 Å². The molecule has 0 aliphatic rings. The van der Waals surface area contributed by atoms with Gasteiger partial charge in [-0.15, -0.1) is 11.3 Å². The van der Waals surface area contributed by atoms with Crippen molar-refractivity contribution in [3.63, 3.8) is 0 Å². The van der Waals surface area contributed by atoms with Crippen LogP contribution in [0.15, 0.2) is 53.1 Å². The molecule has 1 unspecified atom stereocenters. The summed E-state index contributed by atoms with van der Waals surface area (Å²) in [6, 6.07) is 6.79. The number of alkyl halides is 2. The number of methoxy groups -OCH3 is 1. The zero-order chi connectivity index (χ0) is 21.3. The second-order valence-electron chi connectivity index (χ2n) is 5.98. The Morgan fingerprint density at radius 3 is 2.70 bits per heavy atom. The van der Waals surface area contributed by atoms with Crippen molar-refractivity contribution in [3.8, 4) is 17.0 Å². The van der Waals surface area contributed by atoms with Crippen LogP contribution in [0.3, 0.4) is 0 Å². The first kappa shape index (κ1) is 20.2. The summed E-state index contributed by atoms with van der Waals surface area (Å²) < 4.78 is 60.8. The number of fused-ring (bicyclic) bond motifs is 1. The highest BCUT2D eigenvalue weighted by atomic mass is 32.2. The van der Waals surface area contributed by atoms with Crippen LogP contribution in [0.25, 0.3) is 22.2 Å². The molecule has 0 aliphatic heterocycles. The molecule has 4 rings (SSSR count). The fraction of sp³-hybridized carbons (Fsp3) is 0.105. The Morgan fingerprint density at radius 2 is 2.00 bits per heavy atom. The first-order valence-corrected chi connectivity index (χ1v) is 10.5. The maximum absolute atomic E-state index is 14.2. The van der Waals surface area contributed by atoms with Crippen molar-refractivity contribution in [2.75, 3.05) is 11.8 Å². The van der Waals surface area contributed by atoms with E-state index in [9.17, 15) is 17.4 Å². The average Bonchev–Trinajstić information content (AvgIpc) is 3.25. The van der Waals surface area contributed by atoms with Crippen LogP contribution in [0.1, 0.15) is 12.0 Å². The van der Waals surface area contributed by atoms with E-state index in [0.29, 0.717) is 26.6 Å². The third-order valence-corrected chi connectivity index (χ3v) is 6.12. The number of thiazole rings is 1. The molecule has 6 nitrogen and oxygen atoms in total. The van der Waals surface area contributed by atoms with Gasteiger partial charge in [-0.3, -0.25) is 4.72 Å². The molecule has 0 aliphatic carbocycles. The molecule has 4 aromatic rings. The van der Waals surface area contributed by atoms with E-state index < -0.39 is 28.8 Å². The summed E-state index contributed by atoms with van der Waals surface area (Å²) in [5.74, 6) is -0.997. The lowest BCUT2D eigenvalue weighted by Gasteiger charge is -2.13. The van der Waals surface area contributed by atoms with E-state index in [-0.39, 0.29) is 11.3 Å². The van der Waals surface area contributed by atoms with Gasteiger partial charge >= 0.3 is 0 Å². The summed E-state index contributed by atoms with van der Waals surface area (Å²) in [6.07, 6.45) is -0.120. The van der Waals surface area contributed by atoms with Crippen LogP contribution in [0, 0.1) is 5.82 Å². The SMILES string of the molecule is COc1cc(C(F)F)c(F)cc1-c1ncnc2cc(S(=O)Nc3nccs3)ccc12. The molecule has 0 fully saturated rings. The van der Waals surface area contributed by atoms with Gasteiger partial charge in [0.25, 0.3) is 6.43 Å². The van der Waals surface area contributed by atoms with Gasteiger partial charge in [-0.1, -0.05) is 0 Å². The number of benzene rings is 2. The van der Waals surface area contributed by atoms with Gasteiger partial charge in [-0.2, -0.15) is 0 Å². The number of ether oxygens (including phenoxy) is 1.